The molecular formula is C17H17NO3S. The predicted octanol–water partition coefficient (Wildman–Crippen LogP) is 3.45. The molecule has 22 heavy (non-hydrogen) atoms. The Morgan fingerprint density at radius 3 is 2.45 bits per heavy atom. The number of fused-ring (bicyclic) bond motifs is 1. The van der Waals surface area contributed by atoms with Crippen LogP contribution in [0.25, 0.3) is 10.9 Å². The van der Waals surface area contributed by atoms with E-state index in [0.29, 0.717) is 11.3 Å². The van der Waals surface area contributed by atoms with Gasteiger partial charge in [0.2, 0.25) is 0 Å². The van der Waals surface area contributed by atoms with Gasteiger partial charge in [0.1, 0.15) is 5.75 Å². The molecule has 5 heteroatoms. The summed E-state index contributed by atoms with van der Waals surface area (Å²) in [4.78, 5) is 0.272. The molecule has 3 aromatic rings. The summed E-state index contributed by atoms with van der Waals surface area (Å²) in [5.41, 5.74) is 1.71. The summed E-state index contributed by atoms with van der Waals surface area (Å²) in [6.07, 6.45) is 2.41. The molecule has 0 N–H and O–H groups in total. The minimum Gasteiger partial charge on any atom is -0.497 e. The van der Waals surface area contributed by atoms with Crippen molar-refractivity contribution in [3.63, 3.8) is 0 Å². The second-order valence-electron chi connectivity index (χ2n) is 5.00. The van der Waals surface area contributed by atoms with Crippen molar-refractivity contribution >= 4 is 20.9 Å². The van der Waals surface area contributed by atoms with Gasteiger partial charge >= 0.3 is 0 Å². The van der Waals surface area contributed by atoms with Gasteiger partial charge in [0.25, 0.3) is 10.0 Å². The number of aromatic nitrogens is 1. The Hall–Kier alpha value is -2.27. The molecule has 114 valence electrons. The van der Waals surface area contributed by atoms with Crippen molar-refractivity contribution in [2.75, 3.05) is 7.11 Å². The van der Waals surface area contributed by atoms with Crippen LogP contribution in [0.4, 0.5) is 0 Å². The minimum atomic E-state index is -3.61. The van der Waals surface area contributed by atoms with Gasteiger partial charge in [-0.2, -0.15) is 0 Å². The van der Waals surface area contributed by atoms with Crippen LogP contribution in [0.2, 0.25) is 0 Å². The number of ether oxygens (including phenoxy) is 1. The molecule has 0 aliphatic carbocycles. The Labute approximate surface area is 130 Å². The van der Waals surface area contributed by atoms with Crippen molar-refractivity contribution in [3.8, 4) is 5.75 Å². The molecule has 0 aliphatic heterocycles. The van der Waals surface area contributed by atoms with Crippen molar-refractivity contribution in [3.05, 3.63) is 60.3 Å². The fourth-order valence-corrected chi connectivity index (χ4v) is 3.95. The molecule has 0 bridgehead atoms. The summed E-state index contributed by atoms with van der Waals surface area (Å²) in [7, 11) is -2.03. The number of benzene rings is 2. The van der Waals surface area contributed by atoms with Gasteiger partial charge in [0.05, 0.1) is 17.5 Å². The average molecular weight is 315 g/mol. The van der Waals surface area contributed by atoms with E-state index in [2.05, 4.69) is 0 Å². The summed E-state index contributed by atoms with van der Waals surface area (Å²) in [6.45, 7) is 2.04. The predicted molar refractivity (Wildman–Crippen MR) is 86.9 cm³/mol. The highest BCUT2D eigenvalue weighted by Crippen LogP contribution is 2.29. The zero-order valence-corrected chi connectivity index (χ0v) is 13.3. The first kappa shape index (κ1) is 14.7. The van der Waals surface area contributed by atoms with Crippen molar-refractivity contribution < 1.29 is 13.2 Å². The Kier molecular flexibility index (Phi) is 3.66. The van der Waals surface area contributed by atoms with E-state index in [1.54, 1.807) is 49.7 Å². The fraction of sp³-hybridized carbons (Fsp3) is 0.176. The normalized spacial score (nSPS) is 11.7. The van der Waals surface area contributed by atoms with Gasteiger partial charge in [-0.15, -0.1) is 0 Å². The lowest BCUT2D eigenvalue weighted by atomic mass is 10.1. The first-order valence-corrected chi connectivity index (χ1v) is 8.50. The fourth-order valence-electron chi connectivity index (χ4n) is 2.59. The highest BCUT2D eigenvalue weighted by Gasteiger charge is 2.19. The molecule has 3 rings (SSSR count). The molecule has 1 heterocycles. The second kappa shape index (κ2) is 5.50. The number of hydrogen-bond acceptors (Lipinski definition) is 3. The summed E-state index contributed by atoms with van der Waals surface area (Å²) in [5, 5.41) is 0.933. The standard InChI is InChI=1S/C17H17NO3S/c1-3-13-11-14(21-2)12-17-16(13)9-10-18(17)22(19,20)15-7-5-4-6-8-15/h4-12H,3H2,1-2H3. The van der Waals surface area contributed by atoms with E-state index in [4.69, 9.17) is 4.74 Å². The number of rotatable bonds is 4. The van der Waals surface area contributed by atoms with Crippen LogP contribution in [0.5, 0.6) is 5.75 Å². The third kappa shape index (κ3) is 2.27. The van der Waals surface area contributed by atoms with Crippen LogP contribution in [0.1, 0.15) is 12.5 Å². The molecule has 0 aliphatic rings. The van der Waals surface area contributed by atoms with Gasteiger partial charge in [-0.25, -0.2) is 12.4 Å². The largest absolute Gasteiger partial charge is 0.497 e. The molecular weight excluding hydrogens is 298 g/mol. The van der Waals surface area contributed by atoms with Gasteiger partial charge < -0.3 is 4.74 Å². The monoisotopic (exact) mass is 315 g/mol. The molecule has 1 aromatic heterocycles. The molecule has 0 fully saturated rings. The van der Waals surface area contributed by atoms with Gasteiger partial charge in [-0.05, 0) is 36.2 Å². The second-order valence-corrected chi connectivity index (χ2v) is 6.82. The van der Waals surface area contributed by atoms with Gasteiger partial charge in [-0.1, -0.05) is 25.1 Å². The molecule has 2 aromatic carbocycles. The highest BCUT2D eigenvalue weighted by atomic mass is 32.2. The van der Waals surface area contributed by atoms with E-state index in [9.17, 15) is 8.42 Å². The highest BCUT2D eigenvalue weighted by molar-refractivity contribution is 7.90. The third-order valence-electron chi connectivity index (χ3n) is 3.75. The van der Waals surface area contributed by atoms with Crippen molar-refractivity contribution in [1.82, 2.24) is 3.97 Å². The molecule has 0 amide bonds. The molecule has 0 spiro atoms. The number of hydrogen-bond donors (Lipinski definition) is 0. The van der Waals surface area contributed by atoms with Crippen LogP contribution in [-0.2, 0) is 16.4 Å². The lowest BCUT2D eigenvalue weighted by Crippen LogP contribution is -2.11. The minimum absolute atomic E-state index is 0.272. The van der Waals surface area contributed by atoms with Crippen molar-refractivity contribution in [1.29, 1.82) is 0 Å². The lowest BCUT2D eigenvalue weighted by Gasteiger charge is -2.10. The van der Waals surface area contributed by atoms with Crippen LogP contribution < -0.4 is 4.74 Å². The molecule has 0 saturated heterocycles. The molecule has 4 nitrogen and oxygen atoms in total. The number of nitrogens with zero attached hydrogens (tertiary/aromatic N) is 1. The summed E-state index contributed by atoms with van der Waals surface area (Å²) in [5.74, 6) is 0.660. The molecule has 0 saturated carbocycles. The van der Waals surface area contributed by atoms with Gasteiger partial charge in [0.15, 0.2) is 0 Å². The zero-order valence-electron chi connectivity index (χ0n) is 12.5. The van der Waals surface area contributed by atoms with Crippen LogP contribution in [0, 0.1) is 0 Å². The van der Waals surface area contributed by atoms with E-state index in [0.717, 1.165) is 17.4 Å². The quantitative estimate of drug-likeness (QED) is 0.741. The number of aryl methyl sites for hydroxylation is 1. The SMILES string of the molecule is CCc1cc(OC)cc2c1ccn2S(=O)(=O)c1ccccc1. The Morgan fingerprint density at radius 1 is 1.09 bits per heavy atom. The maximum Gasteiger partial charge on any atom is 0.268 e. The first-order valence-electron chi connectivity index (χ1n) is 7.06. The summed E-state index contributed by atoms with van der Waals surface area (Å²) >= 11 is 0. The van der Waals surface area contributed by atoms with E-state index in [1.165, 1.54) is 3.97 Å². The van der Waals surface area contributed by atoms with Crippen LogP contribution >= 0.6 is 0 Å². The Balaban J connectivity index is 2.28. The maximum absolute atomic E-state index is 12.8. The zero-order chi connectivity index (χ0) is 15.7. The smallest absolute Gasteiger partial charge is 0.268 e. The Bertz CT molecular complexity index is 912. The van der Waals surface area contributed by atoms with E-state index >= 15 is 0 Å². The summed E-state index contributed by atoms with van der Waals surface area (Å²) in [6, 6.07) is 14.0. The van der Waals surface area contributed by atoms with Gasteiger partial charge in [-0.3, -0.25) is 0 Å². The third-order valence-corrected chi connectivity index (χ3v) is 5.45. The van der Waals surface area contributed by atoms with Crippen LogP contribution in [0.3, 0.4) is 0 Å². The van der Waals surface area contributed by atoms with E-state index in [-0.39, 0.29) is 4.90 Å². The van der Waals surface area contributed by atoms with Gasteiger partial charge in [0, 0.05) is 17.6 Å². The number of methoxy groups -OCH3 is 1. The van der Waals surface area contributed by atoms with E-state index in [1.807, 2.05) is 19.1 Å². The van der Waals surface area contributed by atoms with Crippen LogP contribution in [-0.4, -0.2) is 19.5 Å². The average Bonchev–Trinajstić information content (AvgIpc) is 2.99. The maximum atomic E-state index is 12.8. The first-order chi connectivity index (χ1) is 10.6. The van der Waals surface area contributed by atoms with Crippen LogP contribution in [0.15, 0.2) is 59.6 Å². The molecule has 0 unspecified atom stereocenters. The molecule has 0 atom stereocenters. The summed E-state index contributed by atoms with van der Waals surface area (Å²) < 4.78 is 32.3. The Morgan fingerprint density at radius 2 is 1.82 bits per heavy atom. The molecule has 0 radical (unpaired) electrons. The van der Waals surface area contributed by atoms with E-state index < -0.39 is 10.0 Å². The lowest BCUT2D eigenvalue weighted by molar-refractivity contribution is 0.415. The topological polar surface area (TPSA) is 48.3 Å². The van der Waals surface area contributed by atoms with Crippen molar-refractivity contribution in [2.45, 2.75) is 18.2 Å². The van der Waals surface area contributed by atoms with Crippen molar-refractivity contribution in [2.24, 2.45) is 0 Å².